The van der Waals surface area contributed by atoms with Crippen molar-refractivity contribution in [1.29, 1.82) is 0 Å². The molecule has 0 saturated heterocycles. The van der Waals surface area contributed by atoms with Crippen molar-refractivity contribution in [2.24, 2.45) is 0 Å². The number of rotatable bonds is 0. The smallest absolute Gasteiger partial charge is 1.00 e. The molecule has 0 rings (SSSR count). The SMILES string of the molecule is CC(=O)O.[Ag].[H-].[Na+]. The Balaban J connectivity index is -0.0000000150. The van der Waals surface area contributed by atoms with E-state index in [2.05, 4.69) is 0 Å². The van der Waals surface area contributed by atoms with Gasteiger partial charge in [0.25, 0.3) is 5.97 Å². The van der Waals surface area contributed by atoms with Crippen molar-refractivity contribution in [2.45, 2.75) is 6.92 Å². The van der Waals surface area contributed by atoms with Crippen molar-refractivity contribution in [2.75, 3.05) is 0 Å². The van der Waals surface area contributed by atoms with Gasteiger partial charge in [0.05, 0.1) is 0 Å². The normalized spacial score (nSPS) is 4.17. The van der Waals surface area contributed by atoms with Crippen LogP contribution in [-0.2, 0) is 27.2 Å². The zero-order valence-corrected chi connectivity index (χ0v) is 7.14. The van der Waals surface area contributed by atoms with Gasteiger partial charge in [-0.05, 0) is 0 Å². The molecular weight excluding hydrogens is 187 g/mol. The summed E-state index contributed by atoms with van der Waals surface area (Å²) < 4.78 is 0. The number of hydrogen-bond donors (Lipinski definition) is 1. The van der Waals surface area contributed by atoms with Crippen molar-refractivity contribution in [3.05, 3.63) is 0 Å². The Bertz CT molecular complexity index is 38.7. The largest absolute Gasteiger partial charge is 1.00 e. The minimum absolute atomic E-state index is 0. The van der Waals surface area contributed by atoms with Crippen molar-refractivity contribution < 1.29 is 63.3 Å². The summed E-state index contributed by atoms with van der Waals surface area (Å²) in [5, 5.41) is 7.42. The molecule has 0 aliphatic rings. The van der Waals surface area contributed by atoms with Gasteiger partial charge in [-0.2, -0.15) is 0 Å². The summed E-state index contributed by atoms with van der Waals surface area (Å²) in [5.41, 5.74) is 0. The van der Waals surface area contributed by atoms with Gasteiger partial charge in [-0.15, -0.1) is 0 Å². The number of carboxylic acid groups (broad SMARTS) is 1. The molecule has 37 valence electrons. The van der Waals surface area contributed by atoms with Gasteiger partial charge >= 0.3 is 29.6 Å². The van der Waals surface area contributed by atoms with E-state index in [1.54, 1.807) is 0 Å². The van der Waals surface area contributed by atoms with Crippen molar-refractivity contribution in [3.8, 4) is 0 Å². The number of carbonyl (C=O) groups is 1. The van der Waals surface area contributed by atoms with Crippen LogP contribution < -0.4 is 29.6 Å². The van der Waals surface area contributed by atoms with E-state index in [9.17, 15) is 0 Å². The summed E-state index contributed by atoms with van der Waals surface area (Å²) >= 11 is 0. The van der Waals surface area contributed by atoms with Crippen LogP contribution in [0, 0.1) is 0 Å². The van der Waals surface area contributed by atoms with E-state index in [-0.39, 0.29) is 53.4 Å². The molecule has 4 heteroatoms. The van der Waals surface area contributed by atoms with Gasteiger partial charge < -0.3 is 6.53 Å². The van der Waals surface area contributed by atoms with Gasteiger partial charge in [0.2, 0.25) is 0 Å². The zero-order valence-electron chi connectivity index (χ0n) is 4.66. The van der Waals surface area contributed by atoms with Crippen LogP contribution in [0.15, 0.2) is 0 Å². The molecule has 0 atom stereocenters. The van der Waals surface area contributed by atoms with Crippen LogP contribution >= 0.6 is 0 Å². The summed E-state index contributed by atoms with van der Waals surface area (Å²) in [6.45, 7) is 1.08. The van der Waals surface area contributed by atoms with E-state index < -0.39 is 5.97 Å². The molecule has 1 radical (unpaired) electrons. The molecule has 0 fully saturated rings. The standard InChI is InChI=1S/C2H4O2.Ag.Na.H/c1-2(3)4;;;/h1H3,(H,3,4);;;/q;;+1;-1. The van der Waals surface area contributed by atoms with Gasteiger partial charge in [-0.1, -0.05) is 0 Å². The summed E-state index contributed by atoms with van der Waals surface area (Å²) in [5.74, 6) is -0.833. The number of hydrogen-bond acceptors (Lipinski definition) is 1. The van der Waals surface area contributed by atoms with E-state index >= 15 is 0 Å². The number of aliphatic carboxylic acids is 1. The average Bonchev–Trinajstić information content (AvgIpc) is 0.811. The molecule has 0 spiro atoms. The molecule has 0 aliphatic carbocycles. The Morgan fingerprint density at radius 1 is 1.83 bits per heavy atom. The predicted octanol–water partition coefficient (Wildman–Crippen LogP) is -2.80. The second-order valence-corrected chi connectivity index (χ2v) is 0.519. The second kappa shape index (κ2) is 9.51. The van der Waals surface area contributed by atoms with E-state index in [4.69, 9.17) is 9.90 Å². The molecule has 2 nitrogen and oxygen atoms in total. The fourth-order valence-corrected chi connectivity index (χ4v) is 0. The predicted molar refractivity (Wildman–Crippen MR) is 14.4 cm³/mol. The monoisotopic (exact) mass is 191 g/mol. The van der Waals surface area contributed by atoms with Gasteiger partial charge in [0, 0.05) is 29.3 Å². The first-order valence-corrected chi connectivity index (χ1v) is 0.928. The fourth-order valence-electron chi connectivity index (χ4n) is 0. The van der Waals surface area contributed by atoms with Crippen molar-refractivity contribution in [1.82, 2.24) is 0 Å². The number of carboxylic acids is 1. The molecule has 0 unspecified atom stereocenters. The maximum atomic E-state index is 9.00. The molecule has 0 aromatic carbocycles. The Labute approximate surface area is 75.6 Å². The summed E-state index contributed by atoms with van der Waals surface area (Å²) in [6.07, 6.45) is 0. The molecule has 0 saturated carbocycles. The molecular formula is C2H5AgNaO2. The third-order valence-corrected chi connectivity index (χ3v) is 0. The van der Waals surface area contributed by atoms with E-state index in [0.29, 0.717) is 0 Å². The van der Waals surface area contributed by atoms with Crippen LogP contribution in [0.2, 0.25) is 0 Å². The van der Waals surface area contributed by atoms with Crippen molar-refractivity contribution in [3.63, 3.8) is 0 Å². The molecule has 0 heterocycles. The summed E-state index contributed by atoms with van der Waals surface area (Å²) in [4.78, 5) is 9.00. The van der Waals surface area contributed by atoms with E-state index in [1.165, 1.54) is 0 Å². The molecule has 0 aromatic rings. The first kappa shape index (κ1) is 15.7. The van der Waals surface area contributed by atoms with Crippen LogP contribution in [-0.4, -0.2) is 11.1 Å². The zero-order chi connectivity index (χ0) is 3.58. The minimum Gasteiger partial charge on any atom is -1.00 e. The first-order valence-electron chi connectivity index (χ1n) is 0.928. The summed E-state index contributed by atoms with van der Waals surface area (Å²) in [7, 11) is 0. The van der Waals surface area contributed by atoms with Gasteiger partial charge in [-0.25, -0.2) is 0 Å². The van der Waals surface area contributed by atoms with Gasteiger partial charge in [0.15, 0.2) is 0 Å². The Morgan fingerprint density at radius 2 is 1.83 bits per heavy atom. The van der Waals surface area contributed by atoms with Crippen LogP contribution in [0.5, 0.6) is 0 Å². The molecule has 0 amide bonds. The third-order valence-electron chi connectivity index (χ3n) is 0. The molecule has 6 heavy (non-hydrogen) atoms. The van der Waals surface area contributed by atoms with Crippen LogP contribution in [0.25, 0.3) is 0 Å². The van der Waals surface area contributed by atoms with Crippen molar-refractivity contribution >= 4 is 5.97 Å². The van der Waals surface area contributed by atoms with Crippen LogP contribution in [0.1, 0.15) is 8.35 Å². The average molecular weight is 192 g/mol. The Hall–Kier alpha value is 1.21. The summed E-state index contributed by atoms with van der Waals surface area (Å²) in [6, 6.07) is 0. The molecule has 0 aromatic heterocycles. The Kier molecular flexibility index (Phi) is 24.9. The van der Waals surface area contributed by atoms with Crippen LogP contribution in [0.4, 0.5) is 0 Å². The van der Waals surface area contributed by atoms with Crippen LogP contribution in [0.3, 0.4) is 0 Å². The maximum absolute atomic E-state index is 9.00. The molecule has 0 bridgehead atoms. The van der Waals surface area contributed by atoms with Gasteiger partial charge in [0.1, 0.15) is 0 Å². The quantitative estimate of drug-likeness (QED) is 0.421. The van der Waals surface area contributed by atoms with Gasteiger partial charge in [-0.3, -0.25) is 4.79 Å². The van der Waals surface area contributed by atoms with E-state index in [0.717, 1.165) is 6.92 Å². The fraction of sp³-hybridized carbons (Fsp3) is 0.500. The Morgan fingerprint density at radius 3 is 1.83 bits per heavy atom. The second-order valence-electron chi connectivity index (χ2n) is 0.519. The van der Waals surface area contributed by atoms with E-state index in [1.807, 2.05) is 0 Å². The molecule has 1 N–H and O–H groups in total. The molecule has 0 aliphatic heterocycles. The maximum Gasteiger partial charge on any atom is 1.00 e. The first-order chi connectivity index (χ1) is 1.73. The topological polar surface area (TPSA) is 37.3 Å². The minimum atomic E-state index is -0.833. The third kappa shape index (κ3) is 63.1.